The molecule has 5 heterocycles. The second-order valence-electron chi connectivity index (χ2n) is 15.8. The van der Waals surface area contributed by atoms with Gasteiger partial charge in [-0.05, 0) is 86.9 Å². The van der Waals surface area contributed by atoms with Crippen molar-refractivity contribution in [3.8, 4) is 0 Å². The first-order chi connectivity index (χ1) is 20.7. The van der Waals surface area contributed by atoms with E-state index < -0.39 is 0 Å². The molecule has 0 aromatic carbocycles. The van der Waals surface area contributed by atoms with Gasteiger partial charge in [0.15, 0.2) is 0 Å². The summed E-state index contributed by atoms with van der Waals surface area (Å²) in [5.74, 6) is 4.85. The smallest absolute Gasteiger partial charge is 0.286 e. The Morgan fingerprint density at radius 1 is 0.333 bits per heavy atom. The van der Waals surface area contributed by atoms with Crippen molar-refractivity contribution in [3.05, 3.63) is 4.98 Å². The Labute approximate surface area is 251 Å². The Morgan fingerprint density at radius 2 is 0.619 bits per heavy atom. The van der Waals surface area contributed by atoms with Crippen LogP contribution in [0, 0.1) is 52.7 Å². The highest BCUT2D eigenvalue weighted by atomic mass is 15.4. The number of rotatable bonds is 0. The van der Waals surface area contributed by atoms with Crippen molar-refractivity contribution in [3.63, 3.8) is 0 Å². The molecule has 5 aliphatic heterocycles. The van der Waals surface area contributed by atoms with Crippen LogP contribution in [-0.4, -0.2) is 55.4 Å². The third-order valence-electron chi connectivity index (χ3n) is 14.0. The predicted molar refractivity (Wildman–Crippen MR) is 161 cm³/mol. The predicted octanol–water partition coefficient (Wildman–Crippen LogP) is 2.44. The quantitative estimate of drug-likeness (QED) is 0.204. The van der Waals surface area contributed by atoms with Crippen LogP contribution in [0.2, 0.25) is 0 Å². The second-order valence-corrected chi connectivity index (χ2v) is 15.8. The summed E-state index contributed by atoms with van der Waals surface area (Å²) in [6.45, 7) is 0. The zero-order valence-corrected chi connectivity index (χ0v) is 25.3. The van der Waals surface area contributed by atoms with Gasteiger partial charge < -0.3 is 0 Å². The molecule has 8 N–H and O–H groups in total. The highest BCUT2D eigenvalue weighted by molar-refractivity contribution is 5.10. The Bertz CT molecular complexity index is 1030. The number of nitrogens with one attached hydrogen (secondary N) is 8. The van der Waals surface area contributed by atoms with Gasteiger partial charge in [0, 0.05) is 12.3 Å². The van der Waals surface area contributed by atoms with Crippen LogP contribution >= 0.6 is 0 Å². The lowest BCUT2D eigenvalue weighted by molar-refractivity contribution is 0.164. The van der Waals surface area contributed by atoms with Crippen LogP contribution in [0.1, 0.15) is 96.3 Å². The van der Waals surface area contributed by atoms with Gasteiger partial charge in [-0.1, -0.05) is 38.5 Å². The molecule has 0 aromatic heterocycles. The summed E-state index contributed by atoms with van der Waals surface area (Å²) in [5, 5.41) is 43.5. The summed E-state index contributed by atoms with van der Waals surface area (Å²) in [7, 11) is 0. The average Bonchev–Trinajstić information content (AvgIpc) is 3.76. The topological polar surface area (TPSA) is 124 Å². The molecule has 4 aliphatic carbocycles. The summed E-state index contributed by atoms with van der Waals surface area (Å²) in [5.41, 5.74) is 0. The van der Waals surface area contributed by atoms with Crippen molar-refractivity contribution >= 4 is 0 Å². The summed E-state index contributed by atoms with van der Waals surface area (Å²) < 4.78 is 0. The van der Waals surface area contributed by atoms with E-state index in [0.717, 1.165) is 12.8 Å². The summed E-state index contributed by atoms with van der Waals surface area (Å²) in [6, 6.07) is 0.0108. The van der Waals surface area contributed by atoms with Gasteiger partial charge in [0.1, 0.15) is 4.98 Å². The lowest BCUT2D eigenvalue weighted by Crippen LogP contribution is -2.62. The Kier molecular flexibility index (Phi) is 7.29. The highest BCUT2D eigenvalue weighted by Gasteiger charge is 2.58. The molecular weight excluding hydrogens is 524 g/mol. The third kappa shape index (κ3) is 4.52. The van der Waals surface area contributed by atoms with E-state index in [9.17, 15) is 5.39 Å². The van der Waals surface area contributed by atoms with Gasteiger partial charge in [-0.3, -0.25) is 42.5 Å². The van der Waals surface area contributed by atoms with E-state index in [1.807, 2.05) is 0 Å². The second kappa shape index (κ2) is 11.2. The molecule has 9 aliphatic rings. The standard InChI is InChI=1S/C32H55N10/c33-42-23-15-7-14-22-24(23)32-40-30-21-13-6-5-12-20(21)28(38-30)36-26-17-9-2-1-8-16(17)25(34-26)35-27-18-10-3-4-11-19(18)29(37-27)39-31(22)41-32/h16-32,34-41H,1-15H2/q+1. The Hall–Kier alpha value is -0.900. The highest BCUT2D eigenvalue weighted by Crippen LogP contribution is 2.46. The lowest BCUT2D eigenvalue weighted by Gasteiger charge is -2.35. The monoisotopic (exact) mass is 579 g/mol. The molecule has 4 saturated carbocycles. The molecule has 8 bridgehead atoms. The summed E-state index contributed by atoms with van der Waals surface area (Å²) >= 11 is 0. The largest absolute Gasteiger partial charge is 0.320 e. The van der Waals surface area contributed by atoms with Gasteiger partial charge in [-0.2, -0.15) is 0 Å². The first-order valence-electron chi connectivity index (χ1n) is 18.2. The SMILES string of the molecule is N#[N+]C1CCCC2C3NC4NC(NC5NC(NC6NC(NC(N3)C12)C1CCCCC61)C1CCCCC51)C1CCCCC41. The molecular formula is C32H55N10+. The van der Waals surface area contributed by atoms with Crippen LogP contribution in [0.4, 0.5) is 0 Å². The van der Waals surface area contributed by atoms with Crippen molar-refractivity contribution < 1.29 is 0 Å². The minimum absolute atomic E-state index is 0.0108. The summed E-state index contributed by atoms with van der Waals surface area (Å²) in [6.07, 6.45) is 21.8. The maximum atomic E-state index is 10.2. The van der Waals surface area contributed by atoms with Crippen LogP contribution in [0.25, 0.3) is 4.98 Å². The van der Waals surface area contributed by atoms with E-state index in [2.05, 4.69) is 47.5 Å². The van der Waals surface area contributed by atoms with Gasteiger partial charge in [0.05, 0.1) is 55.2 Å². The number of hydrogen-bond acceptors (Lipinski definition) is 9. The minimum atomic E-state index is 0.0108. The van der Waals surface area contributed by atoms with E-state index in [1.165, 1.54) is 83.5 Å². The molecule has 5 saturated heterocycles. The molecule has 0 aromatic rings. The van der Waals surface area contributed by atoms with Crippen molar-refractivity contribution in [1.82, 2.24) is 42.5 Å². The van der Waals surface area contributed by atoms with Crippen molar-refractivity contribution in [1.29, 1.82) is 5.39 Å². The maximum absolute atomic E-state index is 10.2. The number of fused-ring (bicyclic) bond motifs is 20. The van der Waals surface area contributed by atoms with Crippen molar-refractivity contribution in [2.45, 2.75) is 152 Å². The van der Waals surface area contributed by atoms with E-state index >= 15 is 0 Å². The van der Waals surface area contributed by atoms with E-state index in [1.54, 1.807) is 0 Å². The Morgan fingerprint density at radius 3 is 0.952 bits per heavy atom. The van der Waals surface area contributed by atoms with Crippen LogP contribution in [0.15, 0.2) is 0 Å². The molecule has 17 unspecified atom stereocenters. The average molecular weight is 580 g/mol. The van der Waals surface area contributed by atoms with Crippen LogP contribution in [-0.2, 0) is 0 Å². The van der Waals surface area contributed by atoms with Gasteiger partial charge in [0.25, 0.3) is 0 Å². The van der Waals surface area contributed by atoms with E-state index in [4.69, 9.17) is 0 Å². The van der Waals surface area contributed by atoms with Crippen LogP contribution < -0.4 is 42.5 Å². The molecule has 9 fully saturated rings. The maximum Gasteiger partial charge on any atom is 0.320 e. The fraction of sp³-hybridized carbons (Fsp3) is 1.00. The number of diazo groups is 1. The summed E-state index contributed by atoms with van der Waals surface area (Å²) in [4.78, 5) is 4.00. The first-order valence-corrected chi connectivity index (χ1v) is 18.2. The molecule has 17 atom stereocenters. The molecule has 0 spiro atoms. The van der Waals surface area contributed by atoms with E-state index in [-0.39, 0.29) is 24.5 Å². The molecule has 10 nitrogen and oxygen atoms in total. The van der Waals surface area contributed by atoms with Crippen molar-refractivity contribution in [2.75, 3.05) is 0 Å². The molecule has 0 amide bonds. The fourth-order valence-corrected chi connectivity index (χ4v) is 12.2. The number of hydrogen-bond donors (Lipinski definition) is 8. The Balaban J connectivity index is 1.07. The molecule has 9 rings (SSSR count). The van der Waals surface area contributed by atoms with Gasteiger partial charge in [0.2, 0.25) is 5.39 Å². The van der Waals surface area contributed by atoms with Crippen LogP contribution in [0.3, 0.4) is 0 Å². The van der Waals surface area contributed by atoms with Gasteiger partial charge >= 0.3 is 6.04 Å². The van der Waals surface area contributed by atoms with E-state index in [0.29, 0.717) is 78.2 Å². The number of nitrogens with zero attached hydrogens (tertiary/aromatic N) is 2. The minimum Gasteiger partial charge on any atom is -0.286 e. The molecule has 10 heteroatoms. The fourth-order valence-electron chi connectivity index (χ4n) is 12.2. The first kappa shape index (κ1) is 27.4. The lowest BCUT2D eigenvalue weighted by atomic mass is 9.75. The molecule has 0 radical (unpaired) electrons. The van der Waals surface area contributed by atoms with Crippen molar-refractivity contribution in [2.24, 2.45) is 47.3 Å². The van der Waals surface area contributed by atoms with Crippen LogP contribution in [0.5, 0.6) is 0 Å². The zero-order valence-electron chi connectivity index (χ0n) is 25.3. The molecule has 42 heavy (non-hydrogen) atoms. The van der Waals surface area contributed by atoms with Gasteiger partial charge in [-0.25, -0.2) is 0 Å². The molecule has 232 valence electrons. The normalized spacial score (nSPS) is 57.0. The third-order valence-corrected chi connectivity index (χ3v) is 14.0. The zero-order chi connectivity index (χ0) is 27.8. The van der Waals surface area contributed by atoms with Gasteiger partial charge in [-0.15, -0.1) is 0 Å².